The number of rotatable bonds is 5. The van der Waals surface area contributed by atoms with Crippen molar-refractivity contribution in [1.29, 1.82) is 0 Å². The van der Waals surface area contributed by atoms with E-state index in [-0.39, 0.29) is 0 Å². The van der Waals surface area contributed by atoms with Gasteiger partial charge in [0.25, 0.3) is 0 Å². The van der Waals surface area contributed by atoms with Crippen molar-refractivity contribution in [2.45, 2.75) is 6.42 Å². The molecule has 0 atom stereocenters. The highest BCUT2D eigenvalue weighted by molar-refractivity contribution is 6.23. The smallest absolute Gasteiger partial charge is 0.136 e. The van der Waals surface area contributed by atoms with Gasteiger partial charge in [-0.3, -0.25) is 0 Å². The Labute approximate surface area is 268 Å². The minimum Gasteiger partial charge on any atom is -0.456 e. The van der Waals surface area contributed by atoms with E-state index in [0.29, 0.717) is 0 Å². The largest absolute Gasteiger partial charge is 0.456 e. The van der Waals surface area contributed by atoms with E-state index in [2.05, 4.69) is 170 Å². The first kappa shape index (κ1) is 26.5. The molecule has 1 heterocycles. The molecule has 0 bridgehead atoms. The predicted octanol–water partition coefficient (Wildman–Crippen LogP) is 12.5. The number of hydrogen-bond donors (Lipinski definition) is 0. The summed E-state index contributed by atoms with van der Waals surface area (Å²) in [5, 5.41) is 7.37. The van der Waals surface area contributed by atoms with Gasteiger partial charge in [0.05, 0.1) is 0 Å². The molecule has 46 heavy (non-hydrogen) atoms. The minimum atomic E-state index is 0.834. The Kier molecular flexibility index (Phi) is 6.28. The van der Waals surface area contributed by atoms with Crippen LogP contribution in [-0.2, 0) is 6.42 Å². The van der Waals surface area contributed by atoms with Crippen LogP contribution in [0.25, 0.3) is 76.9 Å². The van der Waals surface area contributed by atoms with Crippen molar-refractivity contribution < 1.29 is 4.42 Å². The second-order valence-corrected chi connectivity index (χ2v) is 12.0. The third-order valence-electron chi connectivity index (χ3n) is 9.37. The van der Waals surface area contributed by atoms with Gasteiger partial charge < -0.3 is 4.42 Å². The van der Waals surface area contributed by atoms with E-state index in [1.165, 1.54) is 60.5 Å². The van der Waals surface area contributed by atoms with Crippen molar-refractivity contribution in [3.05, 3.63) is 181 Å². The van der Waals surface area contributed by atoms with Gasteiger partial charge in [0.1, 0.15) is 11.2 Å². The lowest BCUT2D eigenvalue weighted by Crippen LogP contribution is -1.97. The van der Waals surface area contributed by atoms with Gasteiger partial charge in [-0.1, -0.05) is 152 Å². The zero-order chi connectivity index (χ0) is 30.5. The number of para-hydroxylation sites is 1. The van der Waals surface area contributed by atoms with Crippen LogP contribution in [0, 0.1) is 0 Å². The standard InChI is InChI=1S/C45H30O/c1-3-15-30(16-4-1)33-28-41(45-39-25-13-14-26-42(39)46-43(45)29-33)44-37-23-11-9-21-35(37)40(36-22-10-12-24-38(36)44)27-32-19-7-8-20-34(32)31-17-5-2-6-18-31/h1-26,28-29H,27H2. The van der Waals surface area contributed by atoms with Gasteiger partial charge in [0.2, 0.25) is 0 Å². The van der Waals surface area contributed by atoms with Gasteiger partial charge >= 0.3 is 0 Å². The Morgan fingerprint density at radius 1 is 0.370 bits per heavy atom. The summed E-state index contributed by atoms with van der Waals surface area (Å²) in [4.78, 5) is 0. The summed E-state index contributed by atoms with van der Waals surface area (Å²) in [6.45, 7) is 0. The molecule has 1 heteroatoms. The average Bonchev–Trinajstić information content (AvgIpc) is 3.51. The topological polar surface area (TPSA) is 13.1 Å². The molecule has 0 amide bonds. The van der Waals surface area contributed by atoms with Crippen LogP contribution in [0.1, 0.15) is 11.1 Å². The van der Waals surface area contributed by atoms with Crippen LogP contribution in [0.4, 0.5) is 0 Å². The molecule has 0 radical (unpaired) electrons. The second-order valence-electron chi connectivity index (χ2n) is 12.0. The van der Waals surface area contributed by atoms with Crippen LogP contribution in [0.3, 0.4) is 0 Å². The van der Waals surface area contributed by atoms with E-state index >= 15 is 0 Å². The second kappa shape index (κ2) is 10.9. The fourth-order valence-corrected chi connectivity index (χ4v) is 7.31. The number of benzene rings is 8. The molecule has 0 fully saturated rings. The zero-order valence-electron chi connectivity index (χ0n) is 25.3. The van der Waals surface area contributed by atoms with Crippen molar-refractivity contribution in [3.8, 4) is 33.4 Å². The molecule has 0 aliphatic carbocycles. The molecule has 0 saturated carbocycles. The zero-order valence-corrected chi connectivity index (χ0v) is 25.3. The average molecular weight is 587 g/mol. The SMILES string of the molecule is c1ccc(-c2cc(-c3c4ccccc4c(Cc4ccccc4-c4ccccc4)c4ccccc34)c3c(c2)oc2ccccc23)cc1. The lowest BCUT2D eigenvalue weighted by Gasteiger charge is -2.19. The van der Waals surface area contributed by atoms with E-state index in [1.54, 1.807) is 0 Å². The quantitative estimate of drug-likeness (QED) is 0.183. The van der Waals surface area contributed by atoms with E-state index in [4.69, 9.17) is 4.42 Å². The fourth-order valence-electron chi connectivity index (χ4n) is 7.31. The number of fused-ring (bicyclic) bond motifs is 5. The first-order valence-electron chi connectivity index (χ1n) is 15.9. The van der Waals surface area contributed by atoms with Gasteiger partial charge in [-0.15, -0.1) is 0 Å². The Bertz CT molecular complexity index is 2480. The van der Waals surface area contributed by atoms with Crippen LogP contribution in [0.5, 0.6) is 0 Å². The van der Waals surface area contributed by atoms with Crippen LogP contribution >= 0.6 is 0 Å². The normalized spacial score (nSPS) is 11.6. The first-order chi connectivity index (χ1) is 22.8. The lowest BCUT2D eigenvalue weighted by atomic mass is 9.83. The van der Waals surface area contributed by atoms with E-state index < -0.39 is 0 Å². The summed E-state index contributed by atoms with van der Waals surface area (Å²) < 4.78 is 6.56. The number of hydrogen-bond acceptors (Lipinski definition) is 1. The molecule has 1 nitrogen and oxygen atoms in total. The molecule has 1 aromatic heterocycles. The maximum Gasteiger partial charge on any atom is 0.136 e. The molecule has 0 aliphatic rings. The highest BCUT2D eigenvalue weighted by Crippen LogP contribution is 2.46. The van der Waals surface area contributed by atoms with Crippen molar-refractivity contribution in [1.82, 2.24) is 0 Å². The Balaban J connectivity index is 1.37. The van der Waals surface area contributed by atoms with Gasteiger partial charge in [0.15, 0.2) is 0 Å². The Hall–Kier alpha value is -5.92. The highest BCUT2D eigenvalue weighted by atomic mass is 16.3. The van der Waals surface area contributed by atoms with E-state index in [1.807, 2.05) is 0 Å². The van der Waals surface area contributed by atoms with Gasteiger partial charge in [-0.05, 0) is 90.7 Å². The molecule has 0 unspecified atom stereocenters. The molecule has 0 aliphatic heterocycles. The number of furan rings is 1. The van der Waals surface area contributed by atoms with Crippen LogP contribution in [-0.4, -0.2) is 0 Å². The summed E-state index contributed by atoms with van der Waals surface area (Å²) in [6, 6.07) is 61.1. The molecular weight excluding hydrogens is 556 g/mol. The summed E-state index contributed by atoms with van der Waals surface area (Å²) in [5.41, 5.74) is 11.8. The summed E-state index contributed by atoms with van der Waals surface area (Å²) in [5.74, 6) is 0. The van der Waals surface area contributed by atoms with E-state index in [9.17, 15) is 0 Å². The van der Waals surface area contributed by atoms with Crippen LogP contribution in [0.2, 0.25) is 0 Å². The maximum absolute atomic E-state index is 6.56. The molecule has 0 N–H and O–H groups in total. The Morgan fingerprint density at radius 2 is 0.913 bits per heavy atom. The first-order valence-corrected chi connectivity index (χ1v) is 15.9. The van der Waals surface area contributed by atoms with E-state index in [0.717, 1.165) is 33.9 Å². The molecule has 0 saturated heterocycles. The van der Waals surface area contributed by atoms with Crippen molar-refractivity contribution in [2.75, 3.05) is 0 Å². The third kappa shape index (κ3) is 4.32. The Morgan fingerprint density at radius 3 is 1.61 bits per heavy atom. The van der Waals surface area contributed by atoms with Gasteiger partial charge in [0, 0.05) is 10.8 Å². The highest BCUT2D eigenvalue weighted by Gasteiger charge is 2.21. The van der Waals surface area contributed by atoms with Crippen LogP contribution < -0.4 is 0 Å². The fraction of sp³-hybridized carbons (Fsp3) is 0.0222. The summed E-state index contributed by atoms with van der Waals surface area (Å²) in [6.07, 6.45) is 0.834. The van der Waals surface area contributed by atoms with Crippen molar-refractivity contribution >= 4 is 43.5 Å². The molecule has 0 spiro atoms. The summed E-state index contributed by atoms with van der Waals surface area (Å²) >= 11 is 0. The van der Waals surface area contributed by atoms with Gasteiger partial charge in [-0.25, -0.2) is 0 Å². The van der Waals surface area contributed by atoms with Crippen LogP contribution in [0.15, 0.2) is 174 Å². The van der Waals surface area contributed by atoms with Crippen molar-refractivity contribution in [3.63, 3.8) is 0 Å². The molecule has 9 aromatic rings. The molecule has 216 valence electrons. The molecule has 8 aromatic carbocycles. The molecular formula is C45H30O. The predicted molar refractivity (Wildman–Crippen MR) is 194 cm³/mol. The minimum absolute atomic E-state index is 0.834. The summed E-state index contributed by atoms with van der Waals surface area (Å²) in [7, 11) is 0. The lowest BCUT2D eigenvalue weighted by molar-refractivity contribution is 0.669. The molecule has 9 rings (SSSR count). The van der Waals surface area contributed by atoms with Crippen molar-refractivity contribution in [2.24, 2.45) is 0 Å². The monoisotopic (exact) mass is 586 g/mol. The van der Waals surface area contributed by atoms with Gasteiger partial charge in [-0.2, -0.15) is 0 Å². The third-order valence-corrected chi connectivity index (χ3v) is 9.37. The maximum atomic E-state index is 6.56.